The topological polar surface area (TPSA) is 35.0 Å². The molecular weight excluding hydrogens is 367 g/mol. The summed E-state index contributed by atoms with van der Waals surface area (Å²) in [5, 5.41) is 0. The minimum absolute atomic E-state index is 0.178. The molecule has 0 amide bonds. The molecule has 0 aliphatic heterocycles. The summed E-state index contributed by atoms with van der Waals surface area (Å²) in [6.45, 7) is 1.77. The third kappa shape index (κ3) is 3.26. The zero-order valence-corrected chi connectivity index (χ0v) is 12.6. The summed E-state index contributed by atoms with van der Waals surface area (Å²) in [5.41, 5.74) is 0. The maximum atomic E-state index is 13.6. The lowest BCUT2D eigenvalue weighted by Crippen LogP contribution is -2.08. The van der Waals surface area contributed by atoms with Crippen LogP contribution in [0.1, 0.15) is 18.9 Å². The van der Waals surface area contributed by atoms with E-state index in [1.165, 1.54) is 6.07 Å². The first-order valence-corrected chi connectivity index (χ1v) is 6.74. The van der Waals surface area contributed by atoms with E-state index in [0.717, 1.165) is 4.47 Å². The van der Waals surface area contributed by atoms with Gasteiger partial charge in [0.25, 0.3) is 0 Å². The largest absolute Gasteiger partial charge is 0.480 e. The van der Waals surface area contributed by atoms with Crippen LogP contribution in [-0.2, 0) is 0 Å². The lowest BCUT2D eigenvalue weighted by molar-refractivity contribution is 0.206. The first kappa shape index (κ1) is 13.4. The molecule has 0 spiro atoms. The van der Waals surface area contributed by atoms with Crippen LogP contribution in [0.4, 0.5) is 4.39 Å². The van der Waals surface area contributed by atoms with Gasteiger partial charge in [0, 0.05) is 16.9 Å². The van der Waals surface area contributed by atoms with Crippen molar-refractivity contribution >= 4 is 31.9 Å². The second-order valence-electron chi connectivity index (χ2n) is 3.59. The van der Waals surface area contributed by atoms with Crippen LogP contribution in [-0.4, -0.2) is 9.97 Å². The Morgan fingerprint density at radius 1 is 1.17 bits per heavy atom. The first-order chi connectivity index (χ1) is 8.56. The molecule has 0 N–H and O–H groups in total. The molecule has 0 saturated heterocycles. The van der Waals surface area contributed by atoms with E-state index in [-0.39, 0.29) is 5.75 Å². The van der Waals surface area contributed by atoms with E-state index in [1.807, 2.05) is 0 Å². The van der Waals surface area contributed by atoms with Gasteiger partial charge in [-0.25, -0.2) is 14.4 Å². The zero-order valence-electron chi connectivity index (χ0n) is 9.40. The highest BCUT2D eigenvalue weighted by molar-refractivity contribution is 9.10. The Hall–Kier alpha value is -1.01. The van der Waals surface area contributed by atoms with Crippen LogP contribution in [0.2, 0.25) is 0 Å². The van der Waals surface area contributed by atoms with Crippen molar-refractivity contribution in [2.24, 2.45) is 0 Å². The highest BCUT2D eigenvalue weighted by Gasteiger charge is 2.13. The highest BCUT2D eigenvalue weighted by Crippen LogP contribution is 2.25. The van der Waals surface area contributed by atoms with E-state index in [0.29, 0.717) is 10.3 Å². The van der Waals surface area contributed by atoms with E-state index in [1.54, 1.807) is 31.5 Å². The minimum Gasteiger partial charge on any atom is -0.480 e. The van der Waals surface area contributed by atoms with E-state index in [4.69, 9.17) is 4.74 Å². The number of aromatic nitrogens is 2. The molecule has 1 atom stereocenters. The summed E-state index contributed by atoms with van der Waals surface area (Å²) in [4.78, 5) is 8.21. The predicted molar refractivity (Wildman–Crippen MR) is 72.9 cm³/mol. The van der Waals surface area contributed by atoms with E-state index in [2.05, 4.69) is 41.8 Å². The third-order valence-electron chi connectivity index (χ3n) is 2.20. The van der Waals surface area contributed by atoms with Gasteiger partial charge in [0.05, 0.1) is 4.47 Å². The SMILES string of the molecule is CC(Oc1ccc(Br)cc1F)c1ncc(Br)cn1. The molecule has 6 heteroatoms. The Bertz CT molecular complexity index is 548. The summed E-state index contributed by atoms with van der Waals surface area (Å²) in [6.07, 6.45) is 2.83. The average Bonchev–Trinajstić information content (AvgIpc) is 2.33. The Morgan fingerprint density at radius 2 is 1.83 bits per heavy atom. The fourth-order valence-electron chi connectivity index (χ4n) is 1.35. The molecule has 18 heavy (non-hydrogen) atoms. The van der Waals surface area contributed by atoms with E-state index in [9.17, 15) is 4.39 Å². The Morgan fingerprint density at radius 3 is 2.44 bits per heavy atom. The number of ether oxygens (including phenoxy) is 1. The van der Waals surface area contributed by atoms with Gasteiger partial charge in [-0.1, -0.05) is 15.9 Å². The van der Waals surface area contributed by atoms with Crippen molar-refractivity contribution in [1.82, 2.24) is 9.97 Å². The quantitative estimate of drug-likeness (QED) is 0.802. The second kappa shape index (κ2) is 5.75. The van der Waals surface area contributed by atoms with Crippen LogP contribution < -0.4 is 4.74 Å². The molecule has 1 aromatic carbocycles. The molecule has 1 unspecified atom stereocenters. The summed E-state index contributed by atoms with van der Waals surface area (Å²) in [6, 6.07) is 4.63. The number of nitrogens with zero attached hydrogens (tertiary/aromatic N) is 2. The van der Waals surface area contributed by atoms with Crippen LogP contribution in [0.3, 0.4) is 0 Å². The first-order valence-electron chi connectivity index (χ1n) is 5.15. The molecule has 1 heterocycles. The summed E-state index contributed by atoms with van der Waals surface area (Å²) in [7, 11) is 0. The summed E-state index contributed by atoms with van der Waals surface area (Å²) < 4.78 is 20.5. The Balaban J connectivity index is 2.15. The minimum atomic E-state index is -0.423. The van der Waals surface area contributed by atoms with Crippen LogP contribution in [0.5, 0.6) is 5.75 Å². The van der Waals surface area contributed by atoms with Gasteiger partial charge in [0.1, 0.15) is 0 Å². The van der Waals surface area contributed by atoms with Crippen LogP contribution >= 0.6 is 31.9 Å². The predicted octanol–water partition coefficient (Wildman–Crippen LogP) is 4.28. The molecule has 2 aromatic rings. The standard InChI is InChI=1S/C12H9Br2FN2O/c1-7(12-16-5-9(14)6-17-12)18-11-3-2-8(13)4-10(11)15/h2-7H,1H3. The lowest BCUT2D eigenvalue weighted by atomic mass is 10.3. The monoisotopic (exact) mass is 374 g/mol. The molecule has 0 saturated carbocycles. The van der Waals surface area contributed by atoms with Crippen LogP contribution in [0.15, 0.2) is 39.5 Å². The van der Waals surface area contributed by atoms with Crippen molar-refractivity contribution in [2.75, 3.05) is 0 Å². The average molecular weight is 376 g/mol. The molecule has 2 rings (SSSR count). The number of halogens is 3. The molecule has 1 aromatic heterocycles. The number of rotatable bonds is 3. The van der Waals surface area contributed by atoms with Crippen molar-refractivity contribution < 1.29 is 9.13 Å². The zero-order chi connectivity index (χ0) is 13.1. The van der Waals surface area contributed by atoms with Crippen molar-refractivity contribution in [2.45, 2.75) is 13.0 Å². The van der Waals surface area contributed by atoms with Gasteiger partial charge in [-0.05, 0) is 41.1 Å². The van der Waals surface area contributed by atoms with E-state index >= 15 is 0 Å². The fourth-order valence-corrected chi connectivity index (χ4v) is 1.88. The maximum Gasteiger partial charge on any atom is 0.169 e. The van der Waals surface area contributed by atoms with Gasteiger partial charge in [0.2, 0.25) is 0 Å². The van der Waals surface area contributed by atoms with Crippen molar-refractivity contribution in [3.05, 3.63) is 51.2 Å². The molecule has 0 aliphatic rings. The molecule has 94 valence electrons. The third-order valence-corrected chi connectivity index (χ3v) is 3.10. The molecule has 0 bridgehead atoms. The molecule has 3 nitrogen and oxygen atoms in total. The lowest BCUT2D eigenvalue weighted by Gasteiger charge is -2.13. The van der Waals surface area contributed by atoms with Crippen LogP contribution in [0, 0.1) is 5.82 Å². The van der Waals surface area contributed by atoms with Crippen molar-refractivity contribution in [1.29, 1.82) is 0 Å². The number of hydrogen-bond acceptors (Lipinski definition) is 3. The molecule has 0 radical (unpaired) electrons. The smallest absolute Gasteiger partial charge is 0.169 e. The molecule has 0 fully saturated rings. The van der Waals surface area contributed by atoms with Gasteiger partial charge in [-0.3, -0.25) is 0 Å². The summed E-state index contributed by atoms with van der Waals surface area (Å²) >= 11 is 6.44. The second-order valence-corrected chi connectivity index (χ2v) is 5.43. The molecular formula is C12H9Br2FN2O. The van der Waals surface area contributed by atoms with Gasteiger partial charge >= 0.3 is 0 Å². The van der Waals surface area contributed by atoms with Crippen molar-refractivity contribution in [3.63, 3.8) is 0 Å². The van der Waals surface area contributed by atoms with Gasteiger partial charge in [-0.2, -0.15) is 0 Å². The van der Waals surface area contributed by atoms with Gasteiger partial charge in [0.15, 0.2) is 23.5 Å². The Labute approximate surface area is 121 Å². The maximum absolute atomic E-state index is 13.6. The van der Waals surface area contributed by atoms with Crippen molar-refractivity contribution in [3.8, 4) is 5.75 Å². The highest BCUT2D eigenvalue weighted by atomic mass is 79.9. The number of hydrogen-bond donors (Lipinski definition) is 0. The normalized spacial score (nSPS) is 12.2. The Kier molecular flexibility index (Phi) is 4.29. The van der Waals surface area contributed by atoms with Gasteiger partial charge < -0.3 is 4.74 Å². The fraction of sp³-hybridized carbons (Fsp3) is 0.167. The number of benzene rings is 1. The van der Waals surface area contributed by atoms with E-state index < -0.39 is 11.9 Å². The van der Waals surface area contributed by atoms with Gasteiger partial charge in [-0.15, -0.1) is 0 Å². The summed E-state index contributed by atoms with van der Waals surface area (Å²) in [5.74, 6) is 0.256. The van der Waals surface area contributed by atoms with Crippen LogP contribution in [0.25, 0.3) is 0 Å². The molecule has 0 aliphatic carbocycles.